The molecule has 1 aliphatic rings. The number of Topliss-reactive ketones (excluding diaryl/α,β-unsaturated/α-hetero) is 1. The highest BCUT2D eigenvalue weighted by Gasteiger charge is 2.34. The van der Waals surface area contributed by atoms with Gasteiger partial charge in [0.05, 0.1) is 22.9 Å². The van der Waals surface area contributed by atoms with E-state index in [9.17, 15) is 31.9 Å². The van der Waals surface area contributed by atoms with Gasteiger partial charge in [-0.15, -0.1) is 11.8 Å². The summed E-state index contributed by atoms with van der Waals surface area (Å²) in [6.07, 6.45) is -4.91. The summed E-state index contributed by atoms with van der Waals surface area (Å²) >= 11 is 0.938. The van der Waals surface area contributed by atoms with Crippen LogP contribution in [-0.2, 0) is 20.5 Å². The molecule has 1 atom stereocenters. The molecule has 0 spiro atoms. The van der Waals surface area contributed by atoms with Gasteiger partial charge in [-0.1, -0.05) is 0 Å². The number of halogens is 4. The largest absolute Gasteiger partial charge is 0.457 e. The maximum atomic E-state index is 12.9. The second kappa shape index (κ2) is 8.24. The van der Waals surface area contributed by atoms with Crippen molar-refractivity contribution in [3.63, 3.8) is 0 Å². The Balaban J connectivity index is 1.58. The zero-order valence-electron chi connectivity index (χ0n) is 14.6. The molecular formula is C19H13F4NO4S. The fraction of sp³-hybridized carbons (Fsp3) is 0.211. The van der Waals surface area contributed by atoms with E-state index in [2.05, 4.69) is 5.32 Å². The Morgan fingerprint density at radius 2 is 1.79 bits per heavy atom. The molecule has 5 nitrogen and oxygen atoms in total. The van der Waals surface area contributed by atoms with Crippen molar-refractivity contribution in [2.45, 2.75) is 22.7 Å². The Morgan fingerprint density at radius 3 is 2.45 bits per heavy atom. The number of hydrogen-bond donors (Lipinski definition) is 1. The van der Waals surface area contributed by atoms with Gasteiger partial charge in [0.15, 0.2) is 12.4 Å². The molecule has 0 saturated carbocycles. The molecule has 0 bridgehead atoms. The summed E-state index contributed by atoms with van der Waals surface area (Å²) in [6, 6.07) is 7.64. The molecule has 1 aliphatic heterocycles. The number of benzene rings is 2. The number of carbonyl (C=O) groups excluding carboxylic acids is 3. The van der Waals surface area contributed by atoms with Crippen LogP contribution in [0.3, 0.4) is 0 Å². The van der Waals surface area contributed by atoms with Crippen LogP contribution < -0.4 is 5.32 Å². The lowest BCUT2D eigenvalue weighted by Gasteiger charge is -2.24. The summed E-state index contributed by atoms with van der Waals surface area (Å²) in [5.41, 5.74) is -0.710. The number of rotatable bonds is 5. The minimum Gasteiger partial charge on any atom is -0.457 e. The monoisotopic (exact) mass is 427 g/mol. The van der Waals surface area contributed by atoms with Crippen molar-refractivity contribution < 1.29 is 36.7 Å². The Morgan fingerprint density at radius 1 is 1.10 bits per heavy atom. The van der Waals surface area contributed by atoms with Gasteiger partial charge in [0.2, 0.25) is 5.91 Å². The van der Waals surface area contributed by atoms with Gasteiger partial charge >= 0.3 is 12.1 Å². The van der Waals surface area contributed by atoms with E-state index >= 15 is 0 Å². The van der Waals surface area contributed by atoms with Gasteiger partial charge < -0.3 is 10.1 Å². The lowest BCUT2D eigenvalue weighted by molar-refractivity contribution is -0.143. The third-order valence-electron chi connectivity index (χ3n) is 4.01. The van der Waals surface area contributed by atoms with Crippen molar-refractivity contribution in [3.8, 4) is 0 Å². The van der Waals surface area contributed by atoms with E-state index in [1.54, 1.807) is 0 Å². The summed E-state index contributed by atoms with van der Waals surface area (Å²) in [7, 11) is 0. The maximum Gasteiger partial charge on any atom is 0.416 e. The zero-order chi connectivity index (χ0) is 21.2. The normalized spacial score (nSPS) is 16.0. The number of fused-ring (bicyclic) bond motifs is 1. The molecule has 29 heavy (non-hydrogen) atoms. The lowest BCUT2D eigenvalue weighted by Crippen LogP contribution is -2.32. The fourth-order valence-electron chi connectivity index (χ4n) is 2.54. The van der Waals surface area contributed by atoms with Gasteiger partial charge in [0.25, 0.3) is 0 Å². The molecular weight excluding hydrogens is 414 g/mol. The molecule has 0 aliphatic carbocycles. The number of esters is 1. The third kappa shape index (κ3) is 5.14. The van der Waals surface area contributed by atoms with Gasteiger partial charge in [-0.05, 0) is 42.5 Å². The molecule has 1 unspecified atom stereocenters. The first-order chi connectivity index (χ1) is 13.6. The average molecular weight is 427 g/mol. The van der Waals surface area contributed by atoms with Crippen LogP contribution in [0.2, 0.25) is 0 Å². The predicted molar refractivity (Wildman–Crippen MR) is 96.0 cm³/mol. The van der Waals surface area contributed by atoms with Crippen LogP contribution in [0.5, 0.6) is 0 Å². The van der Waals surface area contributed by atoms with Gasteiger partial charge in [-0.25, -0.2) is 4.39 Å². The Kier molecular flexibility index (Phi) is 5.92. The minimum absolute atomic E-state index is 0.0194. The Hall–Kier alpha value is -2.88. The lowest BCUT2D eigenvalue weighted by atomic mass is 10.1. The van der Waals surface area contributed by atoms with Crippen molar-refractivity contribution in [1.29, 1.82) is 0 Å². The van der Waals surface area contributed by atoms with Crippen LogP contribution in [0.4, 0.5) is 23.2 Å². The van der Waals surface area contributed by atoms with Crippen LogP contribution in [0.25, 0.3) is 0 Å². The summed E-state index contributed by atoms with van der Waals surface area (Å²) < 4.78 is 56.0. The molecule has 0 radical (unpaired) electrons. The molecule has 3 rings (SSSR count). The second-order valence-electron chi connectivity index (χ2n) is 6.10. The smallest absolute Gasteiger partial charge is 0.416 e. The highest BCUT2D eigenvalue weighted by molar-refractivity contribution is 8.01. The number of hydrogen-bond acceptors (Lipinski definition) is 5. The third-order valence-corrected chi connectivity index (χ3v) is 5.28. The quantitative estimate of drug-likeness (QED) is 0.443. The molecule has 2 aromatic rings. The summed E-state index contributed by atoms with van der Waals surface area (Å²) in [4.78, 5) is 36.4. The fourth-order valence-corrected chi connectivity index (χ4v) is 3.61. The van der Waals surface area contributed by atoms with E-state index in [-0.39, 0.29) is 17.7 Å². The maximum absolute atomic E-state index is 12.9. The minimum atomic E-state index is -4.54. The molecule has 0 saturated heterocycles. The van der Waals surface area contributed by atoms with Gasteiger partial charge in [-0.2, -0.15) is 13.2 Å². The van der Waals surface area contributed by atoms with Crippen LogP contribution >= 0.6 is 11.8 Å². The first-order valence-electron chi connectivity index (χ1n) is 8.26. The highest BCUT2D eigenvalue weighted by Crippen LogP contribution is 2.40. The Bertz CT molecular complexity index is 960. The van der Waals surface area contributed by atoms with E-state index in [4.69, 9.17) is 4.74 Å². The Labute approximate surface area is 166 Å². The van der Waals surface area contributed by atoms with Crippen LogP contribution in [-0.4, -0.2) is 29.5 Å². The number of alkyl halides is 3. The number of ketones is 1. The van der Waals surface area contributed by atoms with E-state index < -0.39 is 47.1 Å². The van der Waals surface area contributed by atoms with Crippen molar-refractivity contribution >= 4 is 35.1 Å². The summed E-state index contributed by atoms with van der Waals surface area (Å²) in [5.74, 6) is -2.50. The first-order valence-corrected chi connectivity index (χ1v) is 9.14. The number of nitrogens with one attached hydrogen (secondary N) is 1. The van der Waals surface area contributed by atoms with E-state index in [1.165, 1.54) is 18.2 Å². The zero-order valence-corrected chi connectivity index (χ0v) is 15.4. The van der Waals surface area contributed by atoms with Gasteiger partial charge in [0, 0.05) is 10.5 Å². The predicted octanol–water partition coefficient (Wildman–Crippen LogP) is 4.07. The average Bonchev–Trinajstić information content (AvgIpc) is 2.66. The molecule has 0 aromatic heterocycles. The summed E-state index contributed by atoms with van der Waals surface area (Å²) in [6.45, 7) is -0.574. The number of anilines is 1. The molecule has 152 valence electrons. The van der Waals surface area contributed by atoms with Crippen LogP contribution in [0.15, 0.2) is 47.4 Å². The number of ether oxygens (including phenoxy) is 1. The van der Waals surface area contributed by atoms with Crippen LogP contribution in [0.1, 0.15) is 22.3 Å². The highest BCUT2D eigenvalue weighted by atomic mass is 32.2. The molecule has 0 fully saturated rings. The van der Waals surface area contributed by atoms with Gasteiger partial charge in [-0.3, -0.25) is 14.4 Å². The van der Waals surface area contributed by atoms with Crippen molar-refractivity contribution in [2.75, 3.05) is 11.9 Å². The van der Waals surface area contributed by atoms with E-state index in [0.717, 1.165) is 36.0 Å². The molecule has 2 aromatic carbocycles. The standard InChI is InChI=1S/C19H13F4NO4S/c20-12-4-1-10(2-5-12)14(25)9-28-17(26)8-16-18(27)24-13-7-11(19(21,22)23)3-6-15(13)29-16/h1-7,16H,8-9H2,(H,24,27). The molecule has 1 amide bonds. The van der Waals surface area contributed by atoms with Crippen LogP contribution in [0, 0.1) is 5.82 Å². The second-order valence-corrected chi connectivity index (χ2v) is 7.34. The van der Waals surface area contributed by atoms with Gasteiger partial charge in [0.1, 0.15) is 5.82 Å². The molecule has 10 heteroatoms. The van der Waals surface area contributed by atoms with E-state index in [0.29, 0.717) is 4.90 Å². The van der Waals surface area contributed by atoms with Crippen molar-refractivity contribution in [2.24, 2.45) is 0 Å². The topological polar surface area (TPSA) is 72.5 Å². The first kappa shape index (κ1) is 20.8. The van der Waals surface area contributed by atoms with Crippen molar-refractivity contribution in [1.82, 2.24) is 0 Å². The SMILES string of the molecule is O=C(CC1Sc2ccc(C(F)(F)F)cc2NC1=O)OCC(=O)c1ccc(F)cc1. The molecule has 1 heterocycles. The van der Waals surface area contributed by atoms with Crippen molar-refractivity contribution in [3.05, 3.63) is 59.4 Å². The molecule has 1 N–H and O–H groups in total. The number of thioether (sulfide) groups is 1. The number of carbonyl (C=O) groups is 3. The van der Waals surface area contributed by atoms with E-state index in [1.807, 2.05) is 0 Å². The number of amides is 1. The summed E-state index contributed by atoms with van der Waals surface area (Å²) in [5, 5.41) is 1.44.